The van der Waals surface area contributed by atoms with Gasteiger partial charge >= 0.3 is 0 Å². The van der Waals surface area contributed by atoms with Crippen LogP contribution in [-0.4, -0.2) is 6.04 Å². The Morgan fingerprint density at radius 1 is 1.10 bits per heavy atom. The summed E-state index contributed by atoms with van der Waals surface area (Å²) in [6, 6.07) is 18.2. The Bertz CT molecular complexity index is 609. The van der Waals surface area contributed by atoms with E-state index < -0.39 is 0 Å². The molecule has 2 aromatic rings. The van der Waals surface area contributed by atoms with Crippen molar-refractivity contribution in [1.29, 1.82) is 5.26 Å². The maximum atomic E-state index is 9.26. The Hall–Kier alpha value is -2.47. The predicted molar refractivity (Wildman–Crippen MR) is 83.3 cm³/mol. The zero-order chi connectivity index (χ0) is 14.5. The highest BCUT2D eigenvalue weighted by molar-refractivity contribution is 5.60. The predicted octanol–water partition coefficient (Wildman–Crippen LogP) is 3.56. The van der Waals surface area contributed by atoms with Crippen LogP contribution < -0.4 is 10.6 Å². The number of nitrogen functional groups attached to an aromatic ring is 1. The summed E-state index contributed by atoms with van der Waals surface area (Å²) in [7, 11) is 0. The van der Waals surface area contributed by atoms with Crippen LogP contribution >= 0.6 is 0 Å². The molecule has 2 N–H and O–H groups in total. The maximum Gasteiger partial charge on any atom is 0.101 e. The van der Waals surface area contributed by atoms with Crippen LogP contribution in [0.2, 0.25) is 0 Å². The Labute approximate surface area is 120 Å². The minimum Gasteiger partial charge on any atom is -0.399 e. The molecule has 2 aromatic carbocycles. The van der Waals surface area contributed by atoms with Gasteiger partial charge in [0.1, 0.15) is 6.07 Å². The van der Waals surface area contributed by atoms with Crippen molar-refractivity contribution >= 4 is 11.4 Å². The molecular weight excluding hydrogens is 246 g/mol. The van der Waals surface area contributed by atoms with Crippen LogP contribution in [-0.2, 0) is 6.54 Å². The molecule has 0 aliphatic rings. The largest absolute Gasteiger partial charge is 0.399 e. The van der Waals surface area contributed by atoms with Gasteiger partial charge in [-0.2, -0.15) is 5.26 Å². The first-order valence-electron chi connectivity index (χ1n) is 6.72. The Morgan fingerprint density at radius 2 is 1.75 bits per heavy atom. The summed E-state index contributed by atoms with van der Waals surface area (Å²) < 4.78 is 0. The normalized spacial score (nSPS) is 10.3. The van der Waals surface area contributed by atoms with Gasteiger partial charge in [0.05, 0.1) is 11.3 Å². The number of nitriles is 1. The highest BCUT2D eigenvalue weighted by Gasteiger charge is 2.14. The van der Waals surface area contributed by atoms with E-state index >= 15 is 0 Å². The molecule has 0 saturated carbocycles. The summed E-state index contributed by atoms with van der Waals surface area (Å²) >= 11 is 0. The number of anilines is 2. The average molecular weight is 265 g/mol. The second kappa shape index (κ2) is 6.12. The van der Waals surface area contributed by atoms with E-state index in [1.165, 1.54) is 5.56 Å². The molecule has 2 rings (SSSR count). The maximum absolute atomic E-state index is 9.26. The SMILES string of the molecule is CC(C)N(Cc1ccc(N)cc1)c1ccccc1C#N. The van der Waals surface area contributed by atoms with Gasteiger partial charge < -0.3 is 10.6 Å². The van der Waals surface area contributed by atoms with E-state index in [1.54, 1.807) is 0 Å². The van der Waals surface area contributed by atoms with Crippen LogP contribution in [0.3, 0.4) is 0 Å². The molecule has 0 saturated heterocycles. The second-order valence-corrected chi connectivity index (χ2v) is 5.09. The van der Waals surface area contributed by atoms with Crippen molar-refractivity contribution < 1.29 is 0 Å². The first-order valence-corrected chi connectivity index (χ1v) is 6.72. The number of para-hydroxylation sites is 1. The minimum atomic E-state index is 0.307. The molecule has 3 nitrogen and oxygen atoms in total. The minimum absolute atomic E-state index is 0.307. The zero-order valence-electron chi connectivity index (χ0n) is 11.9. The van der Waals surface area contributed by atoms with Crippen LogP contribution in [0, 0.1) is 11.3 Å². The van der Waals surface area contributed by atoms with Crippen LogP contribution in [0.25, 0.3) is 0 Å². The van der Waals surface area contributed by atoms with Crippen molar-refractivity contribution in [2.75, 3.05) is 10.6 Å². The van der Waals surface area contributed by atoms with Gasteiger partial charge in [0, 0.05) is 18.3 Å². The highest BCUT2D eigenvalue weighted by Crippen LogP contribution is 2.24. The fourth-order valence-electron chi connectivity index (χ4n) is 2.18. The molecule has 0 fully saturated rings. The third-order valence-electron chi connectivity index (χ3n) is 3.29. The van der Waals surface area contributed by atoms with Gasteiger partial charge in [-0.15, -0.1) is 0 Å². The number of nitrogens with zero attached hydrogens (tertiary/aromatic N) is 2. The van der Waals surface area contributed by atoms with Crippen LogP contribution in [0.5, 0.6) is 0 Å². The van der Waals surface area contributed by atoms with Crippen LogP contribution in [0.15, 0.2) is 48.5 Å². The molecule has 0 aromatic heterocycles. The van der Waals surface area contributed by atoms with Gasteiger partial charge in [-0.1, -0.05) is 24.3 Å². The van der Waals surface area contributed by atoms with Gasteiger partial charge in [0.2, 0.25) is 0 Å². The molecule has 0 bridgehead atoms. The fraction of sp³-hybridized carbons (Fsp3) is 0.235. The third kappa shape index (κ3) is 3.10. The molecule has 0 heterocycles. The van der Waals surface area contributed by atoms with Crippen LogP contribution in [0.1, 0.15) is 25.0 Å². The van der Waals surface area contributed by atoms with Gasteiger partial charge in [-0.3, -0.25) is 0 Å². The molecule has 0 radical (unpaired) electrons. The molecule has 3 heteroatoms. The summed E-state index contributed by atoms with van der Waals surface area (Å²) in [4.78, 5) is 2.23. The standard InChI is InChI=1S/C17H19N3/c1-13(2)20(12-14-7-9-16(19)10-8-14)17-6-4-3-5-15(17)11-18/h3-10,13H,12,19H2,1-2H3. The van der Waals surface area contributed by atoms with E-state index in [0.29, 0.717) is 11.6 Å². The number of hydrogen-bond donors (Lipinski definition) is 1. The summed E-state index contributed by atoms with van der Waals surface area (Å²) in [5.41, 5.74) is 9.34. The lowest BCUT2D eigenvalue weighted by Gasteiger charge is -2.30. The Morgan fingerprint density at radius 3 is 2.35 bits per heavy atom. The number of hydrogen-bond acceptors (Lipinski definition) is 3. The molecule has 20 heavy (non-hydrogen) atoms. The van der Waals surface area contributed by atoms with Gasteiger partial charge in [0.25, 0.3) is 0 Å². The van der Waals surface area contributed by atoms with E-state index in [2.05, 4.69) is 24.8 Å². The summed E-state index contributed by atoms with van der Waals surface area (Å²) in [6.07, 6.45) is 0. The van der Waals surface area contributed by atoms with Gasteiger partial charge in [-0.05, 0) is 43.7 Å². The molecule has 0 unspecified atom stereocenters. The smallest absolute Gasteiger partial charge is 0.101 e. The van der Waals surface area contributed by atoms with Crippen molar-refractivity contribution in [3.63, 3.8) is 0 Å². The van der Waals surface area contributed by atoms with E-state index in [4.69, 9.17) is 5.73 Å². The number of benzene rings is 2. The lowest BCUT2D eigenvalue weighted by atomic mass is 10.1. The van der Waals surface area contributed by atoms with E-state index in [1.807, 2.05) is 48.5 Å². The van der Waals surface area contributed by atoms with Crippen molar-refractivity contribution in [2.24, 2.45) is 0 Å². The Balaban J connectivity index is 2.32. The van der Waals surface area contributed by atoms with Gasteiger partial charge in [-0.25, -0.2) is 0 Å². The Kier molecular flexibility index (Phi) is 4.27. The topological polar surface area (TPSA) is 53.0 Å². The first-order chi connectivity index (χ1) is 9.61. The lowest BCUT2D eigenvalue weighted by molar-refractivity contribution is 0.682. The van der Waals surface area contributed by atoms with E-state index in [9.17, 15) is 5.26 Å². The van der Waals surface area contributed by atoms with Crippen molar-refractivity contribution in [2.45, 2.75) is 26.4 Å². The van der Waals surface area contributed by atoms with Crippen molar-refractivity contribution in [3.05, 3.63) is 59.7 Å². The fourth-order valence-corrected chi connectivity index (χ4v) is 2.18. The third-order valence-corrected chi connectivity index (χ3v) is 3.29. The van der Waals surface area contributed by atoms with E-state index in [0.717, 1.165) is 17.9 Å². The van der Waals surface area contributed by atoms with Crippen molar-refractivity contribution in [1.82, 2.24) is 0 Å². The number of rotatable bonds is 4. The quantitative estimate of drug-likeness (QED) is 0.860. The number of nitrogens with two attached hydrogens (primary N) is 1. The van der Waals surface area contributed by atoms with Crippen molar-refractivity contribution in [3.8, 4) is 6.07 Å². The van der Waals surface area contributed by atoms with Gasteiger partial charge in [0.15, 0.2) is 0 Å². The molecule has 0 spiro atoms. The zero-order valence-corrected chi connectivity index (χ0v) is 11.9. The molecule has 0 aliphatic heterocycles. The first kappa shape index (κ1) is 14.0. The summed E-state index contributed by atoms with van der Waals surface area (Å²) in [5, 5.41) is 9.26. The van der Waals surface area contributed by atoms with Crippen LogP contribution in [0.4, 0.5) is 11.4 Å². The second-order valence-electron chi connectivity index (χ2n) is 5.09. The average Bonchev–Trinajstić information content (AvgIpc) is 2.46. The molecule has 0 atom stereocenters. The monoisotopic (exact) mass is 265 g/mol. The molecule has 102 valence electrons. The highest BCUT2D eigenvalue weighted by atomic mass is 15.2. The van der Waals surface area contributed by atoms with E-state index in [-0.39, 0.29) is 0 Å². The summed E-state index contributed by atoms with van der Waals surface area (Å²) in [5.74, 6) is 0. The molecule has 0 amide bonds. The molecule has 0 aliphatic carbocycles. The lowest BCUT2D eigenvalue weighted by Crippen LogP contribution is -2.30. The molecular formula is C17H19N3. The summed E-state index contributed by atoms with van der Waals surface area (Å²) in [6.45, 7) is 5.02.